The fourth-order valence-corrected chi connectivity index (χ4v) is 2.74. The highest BCUT2D eigenvalue weighted by atomic mass is 19.2. The number of ketones is 1. The molecule has 0 bridgehead atoms. The van der Waals surface area contributed by atoms with E-state index >= 15 is 0 Å². The maximum atomic E-state index is 13.5. The van der Waals surface area contributed by atoms with E-state index in [0.29, 0.717) is 0 Å². The summed E-state index contributed by atoms with van der Waals surface area (Å²) in [5.74, 6) is -4.32. The molecule has 6 nitrogen and oxygen atoms in total. The van der Waals surface area contributed by atoms with Crippen LogP contribution in [-0.2, 0) is 14.4 Å². The minimum atomic E-state index is -1.17. The topological polar surface area (TPSA) is 85.2 Å². The first kappa shape index (κ1) is 15.0. The third-order valence-electron chi connectivity index (χ3n) is 3.77. The molecule has 0 radical (unpaired) electrons. The van der Waals surface area contributed by atoms with Gasteiger partial charge in [0, 0.05) is 23.4 Å². The van der Waals surface area contributed by atoms with Crippen LogP contribution in [0.25, 0.3) is 10.8 Å². The van der Waals surface area contributed by atoms with Crippen LogP contribution in [0, 0.1) is 11.6 Å². The van der Waals surface area contributed by atoms with E-state index in [2.05, 4.69) is 5.32 Å². The van der Waals surface area contributed by atoms with Crippen molar-refractivity contribution in [3.05, 3.63) is 35.7 Å². The summed E-state index contributed by atoms with van der Waals surface area (Å²) in [4.78, 5) is 46.0. The molecule has 118 valence electrons. The molecule has 1 atom stereocenters. The highest BCUT2D eigenvalue weighted by molar-refractivity contribution is 6.36. The quantitative estimate of drug-likeness (QED) is 0.399. The Bertz CT molecular complexity index is 872. The molecule has 1 aromatic heterocycles. The molecule has 3 rings (SSSR count). The average Bonchev–Trinajstić information content (AvgIpc) is 2.85. The first-order valence-corrected chi connectivity index (χ1v) is 6.75. The summed E-state index contributed by atoms with van der Waals surface area (Å²) in [6.07, 6.45) is 1.52. The summed E-state index contributed by atoms with van der Waals surface area (Å²) in [7, 11) is 0. The lowest BCUT2D eigenvalue weighted by molar-refractivity contribution is -0.135. The lowest BCUT2D eigenvalue weighted by atomic mass is 10.1. The van der Waals surface area contributed by atoms with Crippen LogP contribution in [0.15, 0.2) is 18.3 Å². The Hall–Kier alpha value is -2.90. The number of hydrogen-bond donors (Lipinski definition) is 1. The van der Waals surface area contributed by atoms with Gasteiger partial charge in [-0.15, -0.1) is 0 Å². The standard InChI is InChI=1S/C15H10F2N2O4/c16-9-3-7-5-19(11-1-2-13(22)18-15(11)23)14(12(21)6-20)8(7)4-10(9)17/h3-6,11H,1-2H2,(H,18,22,23). The molecule has 1 aromatic carbocycles. The third-order valence-corrected chi connectivity index (χ3v) is 3.77. The number of Topliss-reactive ketones (excluding diaryl/α,β-unsaturated/α-hetero) is 1. The van der Waals surface area contributed by atoms with Gasteiger partial charge >= 0.3 is 0 Å². The van der Waals surface area contributed by atoms with Gasteiger partial charge in [-0.05, 0) is 18.6 Å². The largest absolute Gasteiger partial charge is 0.331 e. The number of nitrogens with zero attached hydrogens (tertiary/aromatic N) is 1. The van der Waals surface area contributed by atoms with Crippen LogP contribution in [0.2, 0.25) is 0 Å². The zero-order chi connectivity index (χ0) is 16.7. The number of nitrogens with one attached hydrogen (secondary N) is 1. The van der Waals surface area contributed by atoms with E-state index in [-0.39, 0.29) is 35.6 Å². The molecule has 8 heteroatoms. The lowest BCUT2D eigenvalue weighted by Crippen LogP contribution is -2.42. The van der Waals surface area contributed by atoms with E-state index in [4.69, 9.17) is 0 Å². The van der Waals surface area contributed by atoms with E-state index in [9.17, 15) is 28.0 Å². The molecule has 0 spiro atoms. The molecular weight excluding hydrogens is 310 g/mol. The van der Waals surface area contributed by atoms with Crippen LogP contribution in [0.4, 0.5) is 8.78 Å². The van der Waals surface area contributed by atoms with Crippen LogP contribution < -0.4 is 5.32 Å². The van der Waals surface area contributed by atoms with Gasteiger partial charge in [-0.3, -0.25) is 24.5 Å². The van der Waals surface area contributed by atoms with Gasteiger partial charge in [0.25, 0.3) is 0 Å². The Morgan fingerprint density at radius 3 is 2.61 bits per heavy atom. The van der Waals surface area contributed by atoms with Crippen molar-refractivity contribution in [1.29, 1.82) is 0 Å². The highest BCUT2D eigenvalue weighted by Crippen LogP contribution is 2.30. The van der Waals surface area contributed by atoms with Crippen LogP contribution in [0.1, 0.15) is 29.4 Å². The zero-order valence-electron chi connectivity index (χ0n) is 11.6. The second kappa shape index (κ2) is 5.38. The molecule has 1 N–H and O–H groups in total. The van der Waals surface area contributed by atoms with Crippen molar-refractivity contribution in [2.45, 2.75) is 18.9 Å². The van der Waals surface area contributed by atoms with Crippen LogP contribution in [-0.4, -0.2) is 28.5 Å². The van der Waals surface area contributed by atoms with Crippen molar-refractivity contribution in [3.8, 4) is 0 Å². The van der Waals surface area contributed by atoms with Crippen LogP contribution >= 0.6 is 0 Å². The molecule has 0 saturated carbocycles. The Kier molecular flexibility index (Phi) is 3.51. The first-order valence-electron chi connectivity index (χ1n) is 6.75. The average molecular weight is 320 g/mol. The molecule has 2 amide bonds. The van der Waals surface area contributed by atoms with E-state index in [0.717, 1.165) is 12.1 Å². The minimum absolute atomic E-state index is 0.0331. The second-order valence-electron chi connectivity index (χ2n) is 5.19. The number of fused-ring (bicyclic) bond motifs is 1. The number of amides is 2. The van der Waals surface area contributed by atoms with Gasteiger partial charge in [-0.25, -0.2) is 8.78 Å². The van der Waals surface area contributed by atoms with Gasteiger partial charge in [0.15, 0.2) is 17.9 Å². The lowest BCUT2D eigenvalue weighted by Gasteiger charge is -2.23. The summed E-state index contributed by atoms with van der Waals surface area (Å²) < 4.78 is 28.0. The van der Waals surface area contributed by atoms with E-state index in [1.165, 1.54) is 10.8 Å². The fourth-order valence-electron chi connectivity index (χ4n) is 2.74. The summed E-state index contributed by atoms with van der Waals surface area (Å²) in [5, 5.41) is 2.35. The van der Waals surface area contributed by atoms with Gasteiger partial charge in [-0.1, -0.05) is 0 Å². The van der Waals surface area contributed by atoms with Gasteiger partial charge in [0.1, 0.15) is 11.7 Å². The Balaban J connectivity index is 2.23. The number of piperidine rings is 1. The molecule has 1 unspecified atom stereocenters. The molecule has 0 aliphatic carbocycles. The monoisotopic (exact) mass is 320 g/mol. The van der Waals surface area contributed by atoms with Crippen molar-refractivity contribution in [2.75, 3.05) is 0 Å². The van der Waals surface area contributed by atoms with Gasteiger partial charge in [-0.2, -0.15) is 0 Å². The van der Waals surface area contributed by atoms with E-state index in [1.54, 1.807) is 0 Å². The predicted molar refractivity (Wildman–Crippen MR) is 73.7 cm³/mol. The molecule has 2 aromatic rings. The summed E-state index contributed by atoms with van der Waals surface area (Å²) in [6.45, 7) is 0. The molecule has 23 heavy (non-hydrogen) atoms. The maximum Gasteiger partial charge on any atom is 0.249 e. The Morgan fingerprint density at radius 1 is 1.26 bits per heavy atom. The fraction of sp³-hybridized carbons (Fsp3) is 0.200. The summed E-state index contributed by atoms with van der Waals surface area (Å²) in [6, 6.07) is 0.781. The minimum Gasteiger partial charge on any atom is -0.331 e. The maximum absolute atomic E-state index is 13.5. The van der Waals surface area contributed by atoms with Crippen molar-refractivity contribution in [2.24, 2.45) is 0 Å². The van der Waals surface area contributed by atoms with E-state index in [1.807, 2.05) is 0 Å². The third kappa shape index (κ3) is 2.41. The normalized spacial score (nSPS) is 18.1. The van der Waals surface area contributed by atoms with Crippen molar-refractivity contribution >= 4 is 34.7 Å². The number of halogens is 2. The predicted octanol–water partition coefficient (Wildman–Crippen LogP) is 1.28. The van der Waals surface area contributed by atoms with Gasteiger partial charge in [0.05, 0.1) is 0 Å². The van der Waals surface area contributed by atoms with Crippen LogP contribution in [0.3, 0.4) is 0 Å². The van der Waals surface area contributed by atoms with E-state index < -0.39 is 35.3 Å². The number of rotatable bonds is 3. The first-order chi connectivity index (χ1) is 10.9. The number of benzene rings is 1. The number of carbonyl (C=O) groups excluding carboxylic acids is 4. The molecule has 1 saturated heterocycles. The zero-order valence-corrected chi connectivity index (χ0v) is 11.6. The SMILES string of the molecule is O=CC(=O)c1c2cc(F)c(F)cc2cn1C1CCC(=O)NC1=O. The molecule has 1 aliphatic heterocycles. The Labute approximate surface area is 128 Å². The van der Waals surface area contributed by atoms with Gasteiger partial charge < -0.3 is 4.57 Å². The Morgan fingerprint density at radius 2 is 1.96 bits per heavy atom. The molecule has 1 aliphatic rings. The number of aromatic nitrogens is 1. The van der Waals surface area contributed by atoms with Gasteiger partial charge in [0.2, 0.25) is 17.6 Å². The molecule has 2 heterocycles. The summed E-state index contributed by atoms with van der Waals surface area (Å²) in [5.41, 5.74) is -0.205. The van der Waals surface area contributed by atoms with Crippen molar-refractivity contribution in [1.82, 2.24) is 9.88 Å². The second-order valence-corrected chi connectivity index (χ2v) is 5.19. The molecular formula is C15H10F2N2O4. The van der Waals surface area contributed by atoms with Crippen molar-refractivity contribution < 1.29 is 28.0 Å². The highest BCUT2D eigenvalue weighted by Gasteiger charge is 2.31. The summed E-state index contributed by atoms with van der Waals surface area (Å²) >= 11 is 0. The number of imide groups is 1. The smallest absolute Gasteiger partial charge is 0.249 e. The number of carbonyl (C=O) groups is 4. The van der Waals surface area contributed by atoms with Crippen LogP contribution in [0.5, 0.6) is 0 Å². The molecule has 1 fully saturated rings. The van der Waals surface area contributed by atoms with Crippen molar-refractivity contribution in [3.63, 3.8) is 0 Å². The number of hydrogen-bond acceptors (Lipinski definition) is 4. The number of aldehydes is 1.